The molecule has 114 valence electrons. The quantitative estimate of drug-likeness (QED) is 0.266. The summed E-state index contributed by atoms with van der Waals surface area (Å²) in [6, 6.07) is 0. The van der Waals surface area contributed by atoms with Gasteiger partial charge in [-0.15, -0.1) is 13.2 Å². The van der Waals surface area contributed by atoms with Gasteiger partial charge in [-0.25, -0.2) is 0 Å². The van der Waals surface area contributed by atoms with Crippen molar-refractivity contribution in [1.82, 2.24) is 0 Å². The average molecular weight is 274 g/mol. The van der Waals surface area contributed by atoms with Crippen LogP contribution in [-0.2, 0) is 0 Å². The minimum Gasteiger partial charge on any atom is -0.103 e. The zero-order valence-electron chi connectivity index (χ0n) is 13.6. The van der Waals surface area contributed by atoms with Gasteiger partial charge < -0.3 is 0 Å². The number of hydrogen-bond donors (Lipinski definition) is 0. The average Bonchev–Trinajstić information content (AvgIpc) is 2.44. The first-order valence-corrected chi connectivity index (χ1v) is 8.76. The molecule has 0 spiro atoms. The molecule has 0 aromatic heterocycles. The van der Waals surface area contributed by atoms with E-state index in [0.29, 0.717) is 0 Å². The first-order valence-electron chi connectivity index (χ1n) is 8.76. The van der Waals surface area contributed by atoms with E-state index >= 15 is 0 Å². The monoisotopic (exact) mass is 274 g/mol. The van der Waals surface area contributed by atoms with Crippen molar-refractivity contribution in [3.8, 4) is 0 Å². The van der Waals surface area contributed by atoms with Crippen molar-refractivity contribution in [2.24, 2.45) is 5.92 Å². The molecular formula is C20H34. The number of unbranched alkanes of at least 4 members (excludes halogenated alkanes) is 4. The fraction of sp³-hybridized carbons (Fsp3) is 0.700. The molecule has 0 aliphatic heterocycles. The molecule has 0 radical (unpaired) electrons. The predicted molar refractivity (Wildman–Crippen MR) is 92.0 cm³/mol. The first-order chi connectivity index (χ1) is 9.83. The molecule has 0 heteroatoms. The van der Waals surface area contributed by atoms with Crippen LogP contribution in [0, 0.1) is 5.92 Å². The highest BCUT2D eigenvalue weighted by atomic mass is 14.3. The van der Waals surface area contributed by atoms with Gasteiger partial charge in [-0.05, 0) is 63.7 Å². The molecule has 0 amide bonds. The van der Waals surface area contributed by atoms with Gasteiger partial charge in [-0.2, -0.15) is 0 Å². The van der Waals surface area contributed by atoms with Crippen molar-refractivity contribution in [1.29, 1.82) is 0 Å². The molecule has 0 N–H and O–H groups in total. The van der Waals surface area contributed by atoms with Crippen LogP contribution in [0.15, 0.2) is 36.5 Å². The largest absolute Gasteiger partial charge is 0.103 e. The summed E-state index contributed by atoms with van der Waals surface area (Å²) in [7, 11) is 0. The number of allylic oxidation sites excluding steroid dienone is 4. The topological polar surface area (TPSA) is 0 Å². The lowest BCUT2D eigenvalue weighted by Gasteiger charge is -2.33. The van der Waals surface area contributed by atoms with Gasteiger partial charge in [0, 0.05) is 0 Å². The Bertz CT molecular complexity index is 308. The maximum atomic E-state index is 3.89. The summed E-state index contributed by atoms with van der Waals surface area (Å²) in [6.07, 6.45) is 20.1. The van der Waals surface area contributed by atoms with Crippen LogP contribution in [0.2, 0.25) is 0 Å². The number of hydrogen-bond acceptors (Lipinski definition) is 0. The summed E-state index contributed by atoms with van der Waals surface area (Å²) in [4.78, 5) is 0. The summed E-state index contributed by atoms with van der Waals surface area (Å²) < 4.78 is 0. The standard InChI is InChI=1S/C20H34/c1-4-7-9-10-11-12-15-19(14-8-5-2)20-17-16-18(20)13-6-3/h4-5,18H,1-2,6-17H2,3H3. The number of rotatable bonds is 12. The van der Waals surface area contributed by atoms with E-state index in [2.05, 4.69) is 26.2 Å². The Balaban J connectivity index is 2.37. The van der Waals surface area contributed by atoms with Crippen molar-refractivity contribution in [2.75, 3.05) is 0 Å². The van der Waals surface area contributed by atoms with Gasteiger partial charge in [-0.1, -0.05) is 49.5 Å². The van der Waals surface area contributed by atoms with Crippen molar-refractivity contribution in [3.63, 3.8) is 0 Å². The summed E-state index contributed by atoms with van der Waals surface area (Å²) in [5, 5.41) is 0. The zero-order chi connectivity index (χ0) is 14.6. The highest BCUT2D eigenvalue weighted by Gasteiger charge is 2.25. The Morgan fingerprint density at radius 1 is 1.05 bits per heavy atom. The summed E-state index contributed by atoms with van der Waals surface area (Å²) >= 11 is 0. The molecule has 1 atom stereocenters. The minimum absolute atomic E-state index is 0.931. The van der Waals surface area contributed by atoms with E-state index in [1.165, 1.54) is 70.6 Å². The molecule has 1 aliphatic carbocycles. The maximum absolute atomic E-state index is 3.89. The van der Waals surface area contributed by atoms with Crippen molar-refractivity contribution in [2.45, 2.75) is 84.0 Å². The smallest absolute Gasteiger partial charge is 0.0198 e. The van der Waals surface area contributed by atoms with E-state index in [-0.39, 0.29) is 0 Å². The fourth-order valence-electron chi connectivity index (χ4n) is 3.33. The Hall–Kier alpha value is -0.780. The Kier molecular flexibility index (Phi) is 9.45. The third kappa shape index (κ3) is 6.11. The maximum Gasteiger partial charge on any atom is -0.0198 e. The Morgan fingerprint density at radius 2 is 1.80 bits per heavy atom. The SMILES string of the molecule is C=CCCCCCCC(CCC=C)=C1CCC1CCC. The Morgan fingerprint density at radius 3 is 2.40 bits per heavy atom. The molecule has 1 unspecified atom stereocenters. The van der Waals surface area contributed by atoms with E-state index in [4.69, 9.17) is 0 Å². The van der Waals surface area contributed by atoms with Crippen LogP contribution in [0.1, 0.15) is 84.0 Å². The van der Waals surface area contributed by atoms with Crippen LogP contribution in [0.4, 0.5) is 0 Å². The molecule has 1 rings (SSSR count). The molecule has 20 heavy (non-hydrogen) atoms. The van der Waals surface area contributed by atoms with Crippen molar-refractivity contribution >= 4 is 0 Å². The fourth-order valence-corrected chi connectivity index (χ4v) is 3.33. The van der Waals surface area contributed by atoms with E-state index in [1.807, 2.05) is 11.6 Å². The van der Waals surface area contributed by atoms with Gasteiger partial charge >= 0.3 is 0 Å². The first kappa shape index (κ1) is 17.3. The van der Waals surface area contributed by atoms with E-state index in [9.17, 15) is 0 Å². The van der Waals surface area contributed by atoms with Crippen LogP contribution in [0.5, 0.6) is 0 Å². The van der Waals surface area contributed by atoms with Gasteiger partial charge in [0.1, 0.15) is 0 Å². The van der Waals surface area contributed by atoms with Crippen LogP contribution in [0.25, 0.3) is 0 Å². The van der Waals surface area contributed by atoms with E-state index < -0.39 is 0 Å². The summed E-state index contributed by atoms with van der Waals surface area (Å²) in [6.45, 7) is 10.00. The lowest BCUT2D eigenvalue weighted by atomic mass is 9.72. The van der Waals surface area contributed by atoms with Crippen molar-refractivity contribution in [3.05, 3.63) is 36.5 Å². The van der Waals surface area contributed by atoms with Crippen LogP contribution >= 0.6 is 0 Å². The third-order valence-electron chi connectivity index (χ3n) is 4.63. The molecule has 1 saturated carbocycles. The zero-order valence-corrected chi connectivity index (χ0v) is 13.6. The van der Waals surface area contributed by atoms with Gasteiger partial charge in [0.25, 0.3) is 0 Å². The second-order valence-electron chi connectivity index (χ2n) is 6.22. The van der Waals surface area contributed by atoms with E-state index in [1.54, 1.807) is 5.57 Å². The van der Waals surface area contributed by atoms with Crippen LogP contribution < -0.4 is 0 Å². The van der Waals surface area contributed by atoms with Gasteiger partial charge in [-0.3, -0.25) is 0 Å². The Labute approximate surface area is 127 Å². The minimum atomic E-state index is 0.931. The molecule has 1 aliphatic rings. The molecule has 0 bridgehead atoms. The molecule has 1 fully saturated rings. The predicted octanol–water partition coefficient (Wildman–Crippen LogP) is 6.99. The van der Waals surface area contributed by atoms with E-state index in [0.717, 1.165) is 12.3 Å². The normalized spacial score (nSPS) is 20.4. The summed E-state index contributed by atoms with van der Waals surface area (Å²) in [5.74, 6) is 0.931. The van der Waals surface area contributed by atoms with Gasteiger partial charge in [0.15, 0.2) is 0 Å². The van der Waals surface area contributed by atoms with Gasteiger partial charge in [0.05, 0.1) is 0 Å². The van der Waals surface area contributed by atoms with Crippen molar-refractivity contribution < 1.29 is 0 Å². The van der Waals surface area contributed by atoms with Gasteiger partial charge in [0.2, 0.25) is 0 Å². The lowest BCUT2D eigenvalue weighted by Crippen LogP contribution is -2.18. The highest BCUT2D eigenvalue weighted by Crippen LogP contribution is 2.41. The lowest BCUT2D eigenvalue weighted by molar-refractivity contribution is 0.399. The second kappa shape index (κ2) is 10.9. The molecule has 0 aromatic rings. The molecule has 0 nitrogen and oxygen atoms in total. The molecule has 0 saturated heterocycles. The third-order valence-corrected chi connectivity index (χ3v) is 4.63. The molecule has 0 aromatic carbocycles. The van der Waals surface area contributed by atoms with Crippen LogP contribution in [0.3, 0.4) is 0 Å². The molecular weight excluding hydrogens is 240 g/mol. The summed E-state index contributed by atoms with van der Waals surface area (Å²) in [5.41, 5.74) is 3.62. The van der Waals surface area contributed by atoms with Crippen LogP contribution in [-0.4, -0.2) is 0 Å². The second-order valence-corrected chi connectivity index (χ2v) is 6.22. The highest BCUT2D eigenvalue weighted by molar-refractivity contribution is 5.23. The molecule has 0 heterocycles.